The van der Waals surface area contributed by atoms with Crippen LogP contribution in [0.25, 0.3) is 10.8 Å². The van der Waals surface area contributed by atoms with Gasteiger partial charge in [-0.3, -0.25) is 4.79 Å². The summed E-state index contributed by atoms with van der Waals surface area (Å²) in [6, 6.07) is 16.6. The molecule has 5 nitrogen and oxygen atoms in total. The van der Waals surface area contributed by atoms with Gasteiger partial charge in [-0.2, -0.15) is 0 Å². The molecule has 0 atom stereocenters. The number of hydrogen-bond donors (Lipinski definition) is 1. The molecule has 0 aliphatic heterocycles. The van der Waals surface area contributed by atoms with Crippen LogP contribution in [0.1, 0.15) is 17.5 Å². The van der Waals surface area contributed by atoms with E-state index in [1.54, 1.807) is 6.20 Å². The second-order valence-corrected chi connectivity index (χ2v) is 7.04. The van der Waals surface area contributed by atoms with Gasteiger partial charge in [-0.1, -0.05) is 36.0 Å². The van der Waals surface area contributed by atoms with Gasteiger partial charge >= 0.3 is 0 Å². The molecule has 138 valence electrons. The first-order valence-electron chi connectivity index (χ1n) is 8.66. The van der Waals surface area contributed by atoms with Crippen molar-refractivity contribution in [2.24, 2.45) is 5.73 Å². The summed E-state index contributed by atoms with van der Waals surface area (Å²) in [4.78, 5) is 23.6. The SMILES string of the molecule is NC(=O)SCC=O.c1ccc2c(Oc3ccc4c(c3)CCC4)nccc2c1. The number of fused-ring (bicyclic) bond motifs is 2. The molecule has 2 N–H and O–H groups in total. The number of ether oxygens (including phenoxy) is 1. The molecule has 3 aromatic rings. The lowest BCUT2D eigenvalue weighted by Crippen LogP contribution is -2.02. The van der Waals surface area contributed by atoms with Crippen LogP contribution in [0.2, 0.25) is 0 Å². The molecule has 2 aromatic carbocycles. The largest absolute Gasteiger partial charge is 0.438 e. The lowest BCUT2D eigenvalue weighted by atomic mass is 10.1. The zero-order valence-electron chi connectivity index (χ0n) is 14.8. The van der Waals surface area contributed by atoms with Crippen molar-refractivity contribution < 1.29 is 14.3 Å². The van der Waals surface area contributed by atoms with E-state index < -0.39 is 5.24 Å². The van der Waals surface area contributed by atoms with Crippen molar-refractivity contribution in [2.75, 3.05) is 5.75 Å². The standard InChI is InChI=1S/C18H15NO.C3H5NO2S/c1-2-7-17-14(4-1)10-11-19-18(17)20-16-9-8-13-5-3-6-15(13)12-16;4-3(6)7-2-1-5/h1-2,4,7-12H,3,5-6H2;1H,2H2,(H2,4,6). The van der Waals surface area contributed by atoms with E-state index in [0.717, 1.165) is 34.7 Å². The van der Waals surface area contributed by atoms with Gasteiger partial charge in [0, 0.05) is 11.6 Å². The van der Waals surface area contributed by atoms with Crippen LogP contribution in [-0.4, -0.2) is 22.3 Å². The van der Waals surface area contributed by atoms with Gasteiger partial charge in [-0.15, -0.1) is 0 Å². The molecule has 0 saturated carbocycles. The topological polar surface area (TPSA) is 82.3 Å². The molecular weight excluding hydrogens is 360 g/mol. The van der Waals surface area contributed by atoms with Crippen molar-refractivity contribution in [3.8, 4) is 11.6 Å². The Balaban J connectivity index is 0.000000260. The van der Waals surface area contributed by atoms with Crippen molar-refractivity contribution in [2.45, 2.75) is 19.3 Å². The Labute approximate surface area is 161 Å². The minimum absolute atomic E-state index is 0.162. The summed E-state index contributed by atoms with van der Waals surface area (Å²) >= 11 is 0.802. The molecule has 1 aliphatic rings. The third-order valence-electron chi connectivity index (χ3n) is 4.22. The Morgan fingerprint density at radius 2 is 1.96 bits per heavy atom. The molecule has 0 spiro atoms. The van der Waals surface area contributed by atoms with Gasteiger partial charge < -0.3 is 15.3 Å². The fourth-order valence-corrected chi connectivity index (χ4v) is 3.25. The number of rotatable bonds is 4. The summed E-state index contributed by atoms with van der Waals surface area (Å²) < 4.78 is 6.01. The van der Waals surface area contributed by atoms with Crippen LogP contribution in [-0.2, 0) is 17.6 Å². The summed E-state index contributed by atoms with van der Waals surface area (Å²) in [7, 11) is 0. The molecule has 0 radical (unpaired) electrons. The molecule has 0 unspecified atom stereocenters. The molecular formula is C21H20N2O3S. The average Bonchev–Trinajstić information content (AvgIpc) is 3.15. The Morgan fingerprint density at radius 3 is 2.74 bits per heavy atom. The van der Waals surface area contributed by atoms with Crippen LogP contribution in [0.15, 0.2) is 54.7 Å². The predicted octanol–water partition coefficient (Wildman–Crippen LogP) is 4.51. The van der Waals surface area contributed by atoms with Gasteiger partial charge in [0.1, 0.15) is 12.0 Å². The summed E-state index contributed by atoms with van der Waals surface area (Å²) in [6.45, 7) is 0. The Bertz CT molecular complexity index is 954. The van der Waals surface area contributed by atoms with Crippen molar-refractivity contribution in [3.63, 3.8) is 0 Å². The fraction of sp³-hybridized carbons (Fsp3) is 0.190. The Morgan fingerprint density at radius 1 is 1.15 bits per heavy atom. The molecule has 27 heavy (non-hydrogen) atoms. The third kappa shape index (κ3) is 5.08. The zero-order chi connectivity index (χ0) is 19.1. The third-order valence-corrected chi connectivity index (χ3v) is 4.80. The Kier molecular flexibility index (Phi) is 6.44. The summed E-state index contributed by atoms with van der Waals surface area (Å²) in [5.41, 5.74) is 7.52. The van der Waals surface area contributed by atoms with Crippen LogP contribution in [0.3, 0.4) is 0 Å². The minimum atomic E-state index is -0.507. The first kappa shape index (κ1) is 18.9. The van der Waals surface area contributed by atoms with Gasteiger partial charge in [-0.25, -0.2) is 4.98 Å². The van der Waals surface area contributed by atoms with Crippen LogP contribution < -0.4 is 10.5 Å². The highest BCUT2D eigenvalue weighted by Gasteiger charge is 2.12. The fourth-order valence-electron chi connectivity index (χ4n) is 3.01. The first-order valence-corrected chi connectivity index (χ1v) is 9.65. The van der Waals surface area contributed by atoms with Crippen molar-refractivity contribution in [1.29, 1.82) is 0 Å². The van der Waals surface area contributed by atoms with E-state index in [9.17, 15) is 9.59 Å². The average molecular weight is 380 g/mol. The van der Waals surface area contributed by atoms with E-state index in [0.29, 0.717) is 12.2 Å². The van der Waals surface area contributed by atoms with E-state index >= 15 is 0 Å². The first-order chi connectivity index (χ1) is 13.2. The van der Waals surface area contributed by atoms with Gasteiger partial charge in [-0.05, 0) is 60.0 Å². The molecule has 0 saturated heterocycles. The number of primary amides is 1. The van der Waals surface area contributed by atoms with E-state index in [2.05, 4.69) is 28.9 Å². The van der Waals surface area contributed by atoms with Crippen LogP contribution in [0.4, 0.5) is 4.79 Å². The van der Waals surface area contributed by atoms with E-state index in [4.69, 9.17) is 4.74 Å². The monoisotopic (exact) mass is 380 g/mol. The number of nitrogens with two attached hydrogens (primary N) is 1. The van der Waals surface area contributed by atoms with Gasteiger partial charge in [0.25, 0.3) is 5.24 Å². The maximum Gasteiger partial charge on any atom is 0.276 e. The number of carbonyl (C=O) groups is 2. The van der Waals surface area contributed by atoms with Gasteiger partial charge in [0.05, 0.1) is 5.75 Å². The molecule has 4 rings (SSSR count). The van der Waals surface area contributed by atoms with Gasteiger partial charge in [0.2, 0.25) is 5.88 Å². The van der Waals surface area contributed by atoms with Crippen molar-refractivity contribution >= 4 is 34.1 Å². The number of amides is 1. The van der Waals surface area contributed by atoms with E-state index in [1.807, 2.05) is 30.3 Å². The molecule has 1 aliphatic carbocycles. The van der Waals surface area contributed by atoms with E-state index in [-0.39, 0.29) is 5.75 Å². The number of thioether (sulfide) groups is 1. The predicted molar refractivity (Wildman–Crippen MR) is 108 cm³/mol. The summed E-state index contributed by atoms with van der Waals surface area (Å²) in [5.74, 6) is 1.73. The normalized spacial score (nSPS) is 12.0. The maximum atomic E-state index is 9.78. The number of pyridine rings is 1. The number of aryl methyl sites for hydroxylation is 2. The molecule has 1 aromatic heterocycles. The minimum Gasteiger partial charge on any atom is -0.438 e. The number of carbonyl (C=O) groups excluding carboxylic acids is 2. The van der Waals surface area contributed by atoms with Crippen LogP contribution >= 0.6 is 11.8 Å². The molecule has 6 heteroatoms. The highest BCUT2D eigenvalue weighted by molar-refractivity contribution is 8.14. The highest BCUT2D eigenvalue weighted by Crippen LogP contribution is 2.31. The molecule has 1 heterocycles. The number of nitrogens with zero attached hydrogens (tertiary/aromatic N) is 1. The number of benzene rings is 2. The molecule has 0 fully saturated rings. The maximum absolute atomic E-state index is 9.78. The van der Waals surface area contributed by atoms with Crippen molar-refractivity contribution in [3.05, 3.63) is 65.9 Å². The van der Waals surface area contributed by atoms with Crippen LogP contribution in [0.5, 0.6) is 11.6 Å². The number of aromatic nitrogens is 1. The molecule has 0 bridgehead atoms. The lowest BCUT2D eigenvalue weighted by Gasteiger charge is -2.09. The van der Waals surface area contributed by atoms with Gasteiger partial charge in [0.15, 0.2) is 0 Å². The molecule has 1 amide bonds. The second kappa shape index (κ2) is 9.19. The second-order valence-electron chi connectivity index (χ2n) is 6.02. The quantitative estimate of drug-likeness (QED) is 0.673. The zero-order valence-corrected chi connectivity index (χ0v) is 15.6. The smallest absolute Gasteiger partial charge is 0.276 e. The number of hydrogen-bond acceptors (Lipinski definition) is 5. The van der Waals surface area contributed by atoms with E-state index in [1.165, 1.54) is 24.0 Å². The summed E-state index contributed by atoms with van der Waals surface area (Å²) in [6.07, 6.45) is 6.05. The number of aldehydes is 1. The lowest BCUT2D eigenvalue weighted by molar-refractivity contribution is -0.105. The Hall–Kier alpha value is -2.86. The van der Waals surface area contributed by atoms with Crippen molar-refractivity contribution in [1.82, 2.24) is 4.98 Å². The summed E-state index contributed by atoms with van der Waals surface area (Å²) in [5, 5.41) is 1.70. The van der Waals surface area contributed by atoms with Crippen LogP contribution in [0, 0.1) is 0 Å². The highest BCUT2D eigenvalue weighted by atomic mass is 32.2.